The molecule has 1 aliphatic carbocycles. The molecule has 0 radical (unpaired) electrons. The van der Waals surface area contributed by atoms with Crippen molar-refractivity contribution in [2.45, 2.75) is 19.3 Å². The number of fused-ring (bicyclic) bond motifs is 1. The molecule has 1 N–H and O–H groups in total. The highest BCUT2D eigenvalue weighted by atomic mass is 16.1. The molecule has 0 spiro atoms. The molecule has 2 atom stereocenters. The van der Waals surface area contributed by atoms with Crippen LogP contribution in [0.25, 0.3) is 0 Å². The van der Waals surface area contributed by atoms with Crippen LogP contribution >= 0.6 is 0 Å². The lowest BCUT2D eigenvalue weighted by molar-refractivity contribution is -0.113. The number of hydrogen-bond acceptors (Lipinski definition) is 2. The molecular formula is C8H14N2O. The van der Waals surface area contributed by atoms with Crippen LogP contribution in [-0.4, -0.2) is 24.5 Å². The van der Waals surface area contributed by atoms with Crippen molar-refractivity contribution < 1.29 is 4.79 Å². The van der Waals surface area contributed by atoms with Crippen LogP contribution in [0.4, 0.5) is 0 Å². The highest BCUT2D eigenvalue weighted by molar-refractivity contribution is 5.45. The van der Waals surface area contributed by atoms with E-state index in [0.29, 0.717) is 0 Å². The van der Waals surface area contributed by atoms with E-state index < -0.39 is 0 Å². The van der Waals surface area contributed by atoms with Crippen molar-refractivity contribution in [3.8, 4) is 0 Å². The molecule has 0 aromatic rings. The molecule has 3 heteroatoms. The van der Waals surface area contributed by atoms with Gasteiger partial charge in [0, 0.05) is 13.1 Å². The molecule has 1 saturated heterocycles. The zero-order valence-electron chi connectivity index (χ0n) is 6.62. The smallest absolute Gasteiger partial charge is 0.221 e. The van der Waals surface area contributed by atoms with Crippen LogP contribution < -0.4 is 5.43 Å². The second-order valence-corrected chi connectivity index (χ2v) is 3.60. The summed E-state index contributed by atoms with van der Waals surface area (Å²) in [5.74, 6) is 1.73. The Morgan fingerprint density at radius 1 is 1.27 bits per heavy atom. The molecule has 3 nitrogen and oxygen atoms in total. The van der Waals surface area contributed by atoms with Gasteiger partial charge < -0.3 is 0 Å². The SMILES string of the molecule is O=CNN1CC2CCCC2C1. The molecule has 1 amide bonds. The molecule has 0 aromatic heterocycles. The van der Waals surface area contributed by atoms with E-state index in [2.05, 4.69) is 5.43 Å². The van der Waals surface area contributed by atoms with Gasteiger partial charge in [-0.15, -0.1) is 0 Å². The fourth-order valence-corrected chi connectivity index (χ4v) is 2.41. The number of rotatable bonds is 2. The number of hydrogen-bond donors (Lipinski definition) is 1. The van der Waals surface area contributed by atoms with Crippen LogP contribution in [-0.2, 0) is 4.79 Å². The minimum atomic E-state index is 0.779. The zero-order chi connectivity index (χ0) is 7.68. The molecule has 11 heavy (non-hydrogen) atoms. The molecule has 1 aliphatic heterocycles. The minimum Gasteiger partial charge on any atom is -0.292 e. The predicted molar refractivity (Wildman–Crippen MR) is 41.6 cm³/mol. The van der Waals surface area contributed by atoms with E-state index >= 15 is 0 Å². The first kappa shape index (κ1) is 7.10. The first-order valence-corrected chi connectivity index (χ1v) is 4.35. The van der Waals surface area contributed by atoms with E-state index in [-0.39, 0.29) is 0 Å². The summed E-state index contributed by atoms with van der Waals surface area (Å²) >= 11 is 0. The lowest BCUT2D eigenvalue weighted by Crippen LogP contribution is -2.35. The van der Waals surface area contributed by atoms with E-state index in [1.54, 1.807) is 0 Å². The summed E-state index contributed by atoms with van der Waals surface area (Å²) in [6.45, 7) is 2.15. The summed E-state index contributed by atoms with van der Waals surface area (Å²) < 4.78 is 0. The van der Waals surface area contributed by atoms with Crippen molar-refractivity contribution in [3.63, 3.8) is 0 Å². The van der Waals surface area contributed by atoms with Gasteiger partial charge in [0.1, 0.15) is 0 Å². The molecule has 2 unspecified atom stereocenters. The van der Waals surface area contributed by atoms with E-state index in [4.69, 9.17) is 0 Å². The number of carbonyl (C=O) groups is 1. The summed E-state index contributed by atoms with van der Waals surface area (Å²) in [6.07, 6.45) is 4.90. The fourth-order valence-electron chi connectivity index (χ4n) is 2.41. The second kappa shape index (κ2) is 2.81. The maximum absolute atomic E-state index is 10.1. The lowest BCUT2D eigenvalue weighted by Gasteiger charge is -2.13. The Bertz CT molecular complexity index is 148. The fraction of sp³-hybridized carbons (Fsp3) is 0.875. The van der Waals surface area contributed by atoms with E-state index in [1.165, 1.54) is 19.3 Å². The van der Waals surface area contributed by atoms with Crippen molar-refractivity contribution in [2.75, 3.05) is 13.1 Å². The first-order chi connectivity index (χ1) is 5.40. The Morgan fingerprint density at radius 3 is 2.45 bits per heavy atom. The molecular weight excluding hydrogens is 140 g/mol. The third kappa shape index (κ3) is 1.25. The number of amides is 1. The Labute approximate surface area is 66.7 Å². The maximum Gasteiger partial charge on any atom is 0.221 e. The van der Waals surface area contributed by atoms with Crippen molar-refractivity contribution in [3.05, 3.63) is 0 Å². The summed E-state index contributed by atoms with van der Waals surface area (Å²) in [6, 6.07) is 0. The van der Waals surface area contributed by atoms with Crippen LogP contribution in [0.3, 0.4) is 0 Å². The molecule has 1 saturated carbocycles. The summed E-state index contributed by atoms with van der Waals surface area (Å²) in [5, 5.41) is 2.04. The molecule has 2 fully saturated rings. The number of nitrogens with zero attached hydrogens (tertiary/aromatic N) is 1. The van der Waals surface area contributed by atoms with Gasteiger partial charge in [0.2, 0.25) is 6.41 Å². The van der Waals surface area contributed by atoms with Crippen LogP contribution in [0.2, 0.25) is 0 Å². The van der Waals surface area contributed by atoms with Gasteiger partial charge in [-0.05, 0) is 24.7 Å². The normalized spacial score (nSPS) is 37.1. The average molecular weight is 154 g/mol. The van der Waals surface area contributed by atoms with Crippen molar-refractivity contribution >= 4 is 6.41 Å². The van der Waals surface area contributed by atoms with E-state index in [1.807, 2.05) is 5.01 Å². The lowest BCUT2D eigenvalue weighted by atomic mass is 10.0. The summed E-state index contributed by atoms with van der Waals surface area (Å²) in [7, 11) is 0. The Balaban J connectivity index is 1.89. The monoisotopic (exact) mass is 154 g/mol. The summed E-state index contributed by atoms with van der Waals surface area (Å²) in [5.41, 5.74) is 2.73. The van der Waals surface area contributed by atoms with Crippen LogP contribution in [0.1, 0.15) is 19.3 Å². The van der Waals surface area contributed by atoms with E-state index in [0.717, 1.165) is 31.3 Å². The molecule has 2 rings (SSSR count). The zero-order valence-corrected chi connectivity index (χ0v) is 6.62. The Kier molecular flexibility index (Phi) is 1.82. The van der Waals surface area contributed by atoms with Crippen molar-refractivity contribution in [1.82, 2.24) is 10.4 Å². The average Bonchev–Trinajstić information content (AvgIpc) is 2.46. The number of hydrazine groups is 1. The van der Waals surface area contributed by atoms with Crippen LogP contribution in [0, 0.1) is 11.8 Å². The topological polar surface area (TPSA) is 32.3 Å². The first-order valence-electron chi connectivity index (χ1n) is 4.35. The van der Waals surface area contributed by atoms with Gasteiger partial charge in [0.15, 0.2) is 0 Å². The van der Waals surface area contributed by atoms with E-state index in [9.17, 15) is 4.79 Å². The van der Waals surface area contributed by atoms with Gasteiger partial charge in [0.25, 0.3) is 0 Å². The molecule has 1 heterocycles. The minimum absolute atomic E-state index is 0.779. The predicted octanol–water partition coefficient (Wildman–Crippen LogP) is 0.379. The quantitative estimate of drug-likeness (QED) is 0.583. The standard InChI is InChI=1S/C8H14N2O/c11-6-9-10-4-7-2-1-3-8(7)5-10/h6-8H,1-5H2,(H,9,11). The third-order valence-electron chi connectivity index (χ3n) is 2.96. The number of carbonyl (C=O) groups excluding carboxylic acids is 1. The van der Waals surface area contributed by atoms with Crippen LogP contribution in [0.5, 0.6) is 0 Å². The third-order valence-corrected chi connectivity index (χ3v) is 2.96. The van der Waals surface area contributed by atoms with Crippen molar-refractivity contribution in [1.29, 1.82) is 0 Å². The van der Waals surface area contributed by atoms with Crippen LogP contribution in [0.15, 0.2) is 0 Å². The van der Waals surface area contributed by atoms with Gasteiger partial charge >= 0.3 is 0 Å². The molecule has 0 aromatic carbocycles. The Hall–Kier alpha value is -0.570. The van der Waals surface area contributed by atoms with Gasteiger partial charge in [-0.2, -0.15) is 0 Å². The molecule has 62 valence electrons. The van der Waals surface area contributed by atoms with Gasteiger partial charge in [-0.3, -0.25) is 10.2 Å². The highest BCUT2D eigenvalue weighted by Crippen LogP contribution is 2.36. The molecule has 2 aliphatic rings. The maximum atomic E-state index is 10.1. The highest BCUT2D eigenvalue weighted by Gasteiger charge is 2.35. The summed E-state index contributed by atoms with van der Waals surface area (Å²) in [4.78, 5) is 10.1. The molecule has 0 bridgehead atoms. The van der Waals surface area contributed by atoms with Gasteiger partial charge in [-0.1, -0.05) is 6.42 Å². The van der Waals surface area contributed by atoms with Gasteiger partial charge in [-0.25, -0.2) is 5.01 Å². The second-order valence-electron chi connectivity index (χ2n) is 3.60. The van der Waals surface area contributed by atoms with Crippen molar-refractivity contribution in [2.24, 2.45) is 11.8 Å². The Morgan fingerprint density at radius 2 is 1.91 bits per heavy atom. The largest absolute Gasteiger partial charge is 0.292 e. The van der Waals surface area contributed by atoms with Gasteiger partial charge in [0.05, 0.1) is 0 Å². The number of nitrogens with one attached hydrogen (secondary N) is 1.